The van der Waals surface area contributed by atoms with Crippen molar-refractivity contribution < 1.29 is 14.7 Å². The first-order chi connectivity index (χ1) is 8.91. The van der Waals surface area contributed by atoms with Crippen LogP contribution in [0.25, 0.3) is 0 Å². The number of H-pyrrole nitrogens is 1. The van der Waals surface area contributed by atoms with Crippen LogP contribution in [0.1, 0.15) is 29.4 Å². The van der Waals surface area contributed by atoms with Crippen LogP contribution in [0.4, 0.5) is 0 Å². The number of nitrogens with zero attached hydrogens (tertiary/aromatic N) is 1. The molecule has 102 valence electrons. The minimum atomic E-state index is -0.902. The summed E-state index contributed by atoms with van der Waals surface area (Å²) in [4.78, 5) is 39.4. The summed E-state index contributed by atoms with van der Waals surface area (Å²) in [5.74, 6) is -1.87. The van der Waals surface area contributed by atoms with Crippen LogP contribution >= 0.6 is 0 Å². The van der Waals surface area contributed by atoms with Gasteiger partial charge in [0.05, 0.1) is 5.92 Å². The monoisotopic (exact) mass is 264 g/mol. The molecule has 19 heavy (non-hydrogen) atoms. The van der Waals surface area contributed by atoms with Crippen molar-refractivity contribution in [2.75, 3.05) is 6.54 Å². The number of carbonyl (C=O) groups is 2. The lowest BCUT2D eigenvalue weighted by atomic mass is 10.0. The van der Waals surface area contributed by atoms with Gasteiger partial charge in [-0.2, -0.15) is 0 Å². The Morgan fingerprint density at radius 2 is 2.16 bits per heavy atom. The zero-order valence-electron chi connectivity index (χ0n) is 10.8. The summed E-state index contributed by atoms with van der Waals surface area (Å²) < 4.78 is 0. The molecule has 0 radical (unpaired) electrons. The summed E-state index contributed by atoms with van der Waals surface area (Å²) in [6, 6.07) is 0.966. The lowest BCUT2D eigenvalue weighted by Gasteiger charge is -2.23. The van der Waals surface area contributed by atoms with Gasteiger partial charge in [0.15, 0.2) is 5.43 Å². The van der Waals surface area contributed by atoms with Crippen molar-refractivity contribution in [1.82, 2.24) is 9.88 Å². The Morgan fingerprint density at radius 1 is 1.47 bits per heavy atom. The average Bonchev–Trinajstić information content (AvgIpc) is 2.70. The Morgan fingerprint density at radius 3 is 2.68 bits per heavy atom. The molecular weight excluding hydrogens is 248 g/mol. The number of hydrogen-bond acceptors (Lipinski definition) is 3. The minimum absolute atomic E-state index is 0.0588. The van der Waals surface area contributed by atoms with Gasteiger partial charge in [0, 0.05) is 30.5 Å². The number of rotatable bonds is 2. The highest BCUT2D eigenvalue weighted by molar-refractivity contribution is 5.94. The number of carbonyl (C=O) groups excluding carboxylic acids is 1. The summed E-state index contributed by atoms with van der Waals surface area (Å²) in [6.07, 6.45) is 1.81. The molecule has 0 aliphatic carbocycles. The molecule has 1 aromatic rings. The van der Waals surface area contributed by atoms with Crippen molar-refractivity contribution in [3.63, 3.8) is 0 Å². The summed E-state index contributed by atoms with van der Waals surface area (Å²) in [6.45, 7) is 3.80. The molecule has 0 aromatic carbocycles. The Labute approximate surface area is 110 Å². The number of hydrogen-bond donors (Lipinski definition) is 2. The number of aromatic amines is 1. The summed E-state index contributed by atoms with van der Waals surface area (Å²) in [5, 5.41) is 9.04. The molecule has 1 amide bonds. The van der Waals surface area contributed by atoms with Crippen LogP contribution < -0.4 is 5.43 Å². The predicted octanol–water partition coefficient (Wildman–Crippen LogP) is 0.619. The van der Waals surface area contributed by atoms with E-state index in [-0.39, 0.29) is 11.0 Å². The summed E-state index contributed by atoms with van der Waals surface area (Å²) in [7, 11) is 0. The number of aromatic nitrogens is 1. The molecule has 1 aliphatic rings. The first-order valence-electron chi connectivity index (χ1n) is 6.15. The second-order valence-corrected chi connectivity index (χ2v) is 4.87. The molecule has 1 aliphatic heterocycles. The van der Waals surface area contributed by atoms with E-state index in [0.29, 0.717) is 18.7 Å². The number of likely N-dealkylation sites (tertiary alicyclic amines) is 1. The maximum atomic E-state index is 12.3. The third kappa shape index (κ3) is 2.38. The van der Waals surface area contributed by atoms with E-state index >= 15 is 0 Å². The number of aliphatic carboxylic acids is 1. The number of carboxylic acid groups (broad SMARTS) is 1. The molecule has 1 fully saturated rings. The number of carboxylic acids is 1. The van der Waals surface area contributed by atoms with E-state index in [9.17, 15) is 14.4 Å². The molecular formula is C13H16N2O4. The van der Waals surface area contributed by atoms with E-state index < -0.39 is 23.8 Å². The fraction of sp³-hybridized carbons (Fsp3) is 0.462. The maximum Gasteiger partial charge on any atom is 0.308 e. The lowest BCUT2D eigenvalue weighted by Crippen LogP contribution is -2.39. The van der Waals surface area contributed by atoms with Crippen LogP contribution in [-0.2, 0) is 4.79 Å². The zero-order valence-corrected chi connectivity index (χ0v) is 10.8. The van der Waals surface area contributed by atoms with E-state index in [1.165, 1.54) is 17.2 Å². The molecule has 2 heterocycles. The van der Waals surface area contributed by atoms with E-state index in [2.05, 4.69) is 4.98 Å². The van der Waals surface area contributed by atoms with Crippen molar-refractivity contribution in [2.24, 2.45) is 5.92 Å². The smallest absolute Gasteiger partial charge is 0.308 e. The van der Waals surface area contributed by atoms with Crippen molar-refractivity contribution in [2.45, 2.75) is 26.3 Å². The first kappa shape index (κ1) is 13.3. The van der Waals surface area contributed by atoms with Crippen molar-refractivity contribution in [3.05, 3.63) is 33.7 Å². The minimum Gasteiger partial charge on any atom is -0.481 e. The third-order valence-corrected chi connectivity index (χ3v) is 3.62. The first-order valence-corrected chi connectivity index (χ1v) is 6.15. The van der Waals surface area contributed by atoms with E-state index in [4.69, 9.17) is 5.11 Å². The highest BCUT2D eigenvalue weighted by atomic mass is 16.4. The largest absolute Gasteiger partial charge is 0.481 e. The molecule has 0 saturated carbocycles. The average molecular weight is 264 g/mol. The molecule has 2 unspecified atom stereocenters. The quantitative estimate of drug-likeness (QED) is 0.819. The van der Waals surface area contributed by atoms with Gasteiger partial charge in [0.25, 0.3) is 5.91 Å². The van der Waals surface area contributed by atoms with Gasteiger partial charge in [0.2, 0.25) is 0 Å². The van der Waals surface area contributed by atoms with Gasteiger partial charge >= 0.3 is 5.97 Å². The van der Waals surface area contributed by atoms with Crippen molar-refractivity contribution in [1.29, 1.82) is 0 Å². The van der Waals surface area contributed by atoms with E-state index in [1.54, 1.807) is 13.8 Å². The third-order valence-electron chi connectivity index (χ3n) is 3.62. The van der Waals surface area contributed by atoms with Crippen molar-refractivity contribution in [3.8, 4) is 0 Å². The number of amides is 1. The van der Waals surface area contributed by atoms with Gasteiger partial charge in [-0.1, -0.05) is 0 Å². The molecule has 6 heteroatoms. The van der Waals surface area contributed by atoms with Crippen LogP contribution in [0.15, 0.2) is 17.1 Å². The Balaban J connectivity index is 2.26. The highest BCUT2D eigenvalue weighted by Crippen LogP contribution is 2.25. The fourth-order valence-electron chi connectivity index (χ4n) is 2.45. The second kappa shape index (κ2) is 4.87. The van der Waals surface area contributed by atoms with Gasteiger partial charge in [-0.05, 0) is 20.3 Å². The standard InChI is InChI=1S/C13H16N2O4/c1-7-5-11(16)10(6-14-7)12(17)15-4-3-9(8(15)2)13(18)19/h5-6,8-9H,3-4H2,1-2H3,(H,14,16)(H,18,19). The molecule has 2 atom stereocenters. The summed E-state index contributed by atoms with van der Waals surface area (Å²) >= 11 is 0. The Bertz CT molecular complexity index is 578. The molecule has 6 nitrogen and oxygen atoms in total. The van der Waals surface area contributed by atoms with Crippen LogP contribution in [0, 0.1) is 12.8 Å². The van der Waals surface area contributed by atoms with Gasteiger partial charge < -0.3 is 15.0 Å². The topological polar surface area (TPSA) is 90.5 Å². The normalized spacial score (nSPS) is 22.5. The predicted molar refractivity (Wildman–Crippen MR) is 68.0 cm³/mol. The molecule has 2 N–H and O–H groups in total. The van der Waals surface area contributed by atoms with Crippen LogP contribution in [0.3, 0.4) is 0 Å². The number of aryl methyl sites for hydroxylation is 1. The van der Waals surface area contributed by atoms with Crippen LogP contribution in [-0.4, -0.2) is 39.5 Å². The molecule has 2 rings (SSSR count). The Kier molecular flexibility index (Phi) is 3.42. The van der Waals surface area contributed by atoms with E-state index in [1.807, 2.05) is 0 Å². The Hall–Kier alpha value is -2.11. The van der Waals surface area contributed by atoms with Crippen molar-refractivity contribution >= 4 is 11.9 Å². The van der Waals surface area contributed by atoms with Gasteiger partial charge in [-0.15, -0.1) is 0 Å². The SMILES string of the molecule is Cc1cc(=O)c(C(=O)N2CCC(C(=O)O)C2C)c[nH]1. The molecule has 1 aromatic heterocycles. The fourth-order valence-corrected chi connectivity index (χ4v) is 2.45. The molecule has 1 saturated heterocycles. The molecule has 0 spiro atoms. The zero-order chi connectivity index (χ0) is 14.2. The molecule has 0 bridgehead atoms. The maximum absolute atomic E-state index is 12.3. The van der Waals surface area contributed by atoms with Gasteiger partial charge in [0.1, 0.15) is 5.56 Å². The number of pyridine rings is 1. The summed E-state index contributed by atoms with van der Waals surface area (Å²) in [5.41, 5.74) is 0.398. The highest BCUT2D eigenvalue weighted by Gasteiger charge is 2.38. The van der Waals surface area contributed by atoms with Crippen LogP contribution in [0.5, 0.6) is 0 Å². The second-order valence-electron chi connectivity index (χ2n) is 4.87. The number of nitrogens with one attached hydrogen (secondary N) is 1. The van der Waals surface area contributed by atoms with Gasteiger partial charge in [-0.25, -0.2) is 0 Å². The van der Waals surface area contributed by atoms with E-state index in [0.717, 1.165) is 0 Å². The lowest BCUT2D eigenvalue weighted by molar-refractivity contribution is -0.142. The van der Waals surface area contributed by atoms with Gasteiger partial charge in [-0.3, -0.25) is 14.4 Å². The van der Waals surface area contributed by atoms with Crippen LogP contribution in [0.2, 0.25) is 0 Å².